The van der Waals surface area contributed by atoms with Crippen molar-refractivity contribution in [3.05, 3.63) is 112 Å². The molecule has 0 radical (unpaired) electrons. The minimum atomic E-state index is -0.386. The van der Waals surface area contributed by atoms with Crippen molar-refractivity contribution in [3.8, 4) is 0 Å². The molecule has 4 heteroatoms. The van der Waals surface area contributed by atoms with Crippen LogP contribution in [0.5, 0.6) is 0 Å². The van der Waals surface area contributed by atoms with E-state index in [0.717, 1.165) is 27.7 Å². The normalized spacial score (nSPS) is 10.6. The lowest BCUT2D eigenvalue weighted by atomic mass is 9.98. The third-order valence-corrected chi connectivity index (χ3v) is 5.57. The summed E-state index contributed by atoms with van der Waals surface area (Å²) in [5, 5.41) is 1.11. The highest BCUT2D eigenvalue weighted by Gasteiger charge is 2.13. The number of Topliss-reactive ketones (excluding diaryl/α,β-unsaturated/α-hetero) is 1. The van der Waals surface area contributed by atoms with E-state index in [0.29, 0.717) is 24.0 Å². The number of hydrogen-bond donors (Lipinski definition) is 0. The zero-order valence-electron chi connectivity index (χ0n) is 20.7. The van der Waals surface area contributed by atoms with Crippen molar-refractivity contribution in [2.24, 2.45) is 0 Å². The van der Waals surface area contributed by atoms with Crippen LogP contribution in [-0.4, -0.2) is 23.8 Å². The van der Waals surface area contributed by atoms with Gasteiger partial charge in [-0.3, -0.25) is 4.79 Å². The molecule has 1 heterocycles. The van der Waals surface area contributed by atoms with Gasteiger partial charge in [-0.1, -0.05) is 74.5 Å². The Labute approximate surface area is 207 Å². The molecule has 0 saturated carbocycles. The van der Waals surface area contributed by atoms with Gasteiger partial charge in [0.05, 0.1) is 23.9 Å². The highest BCUT2D eigenvalue weighted by molar-refractivity contribution is 5.97. The number of hydrogen-bond acceptors (Lipinski definition) is 4. The number of carbonyl (C=O) groups excluding carboxylic acids is 2. The van der Waals surface area contributed by atoms with Crippen LogP contribution >= 0.6 is 0 Å². The van der Waals surface area contributed by atoms with E-state index < -0.39 is 0 Å². The second-order valence-electron chi connectivity index (χ2n) is 7.96. The maximum Gasteiger partial charge on any atom is 0.338 e. The lowest BCUT2D eigenvalue weighted by Crippen LogP contribution is -2.08. The fourth-order valence-corrected chi connectivity index (χ4v) is 3.77. The molecular formula is C31H31NO3. The maximum absolute atomic E-state index is 12.8. The molecular weight excluding hydrogens is 434 g/mol. The summed E-state index contributed by atoms with van der Waals surface area (Å²) in [7, 11) is 1.36. The monoisotopic (exact) mass is 465 g/mol. The van der Waals surface area contributed by atoms with Crippen LogP contribution in [0.4, 0.5) is 0 Å². The number of aromatic nitrogens is 1. The van der Waals surface area contributed by atoms with Crippen molar-refractivity contribution in [1.82, 2.24) is 4.98 Å². The Hall–Kier alpha value is -4.05. The second-order valence-corrected chi connectivity index (χ2v) is 7.96. The molecule has 0 bridgehead atoms. The van der Waals surface area contributed by atoms with Crippen molar-refractivity contribution in [2.75, 3.05) is 7.11 Å². The number of fused-ring (bicyclic) bond motifs is 1. The number of methoxy groups -OCH3 is 1. The number of esters is 1. The number of nitrogens with zero attached hydrogens (tertiary/aromatic N) is 1. The zero-order chi connectivity index (χ0) is 25.2. The van der Waals surface area contributed by atoms with Gasteiger partial charge in [0.2, 0.25) is 0 Å². The number of aryl methyl sites for hydroxylation is 2. The quantitative estimate of drug-likeness (QED) is 0.212. The number of carbonyl (C=O) groups is 2. The number of benzene rings is 3. The Kier molecular flexibility index (Phi) is 9.08. The molecule has 0 saturated heterocycles. The van der Waals surface area contributed by atoms with E-state index in [-0.39, 0.29) is 11.8 Å². The molecule has 178 valence electrons. The van der Waals surface area contributed by atoms with Gasteiger partial charge in [-0.15, -0.1) is 0 Å². The highest BCUT2D eigenvalue weighted by atomic mass is 16.5. The first-order chi connectivity index (χ1) is 17.0. The first-order valence-electron chi connectivity index (χ1n) is 11.9. The molecule has 0 aliphatic carbocycles. The van der Waals surface area contributed by atoms with Crippen LogP contribution in [0.1, 0.15) is 63.4 Å². The van der Waals surface area contributed by atoms with Crippen LogP contribution in [0, 0.1) is 6.92 Å². The van der Waals surface area contributed by atoms with Crippen LogP contribution in [0.2, 0.25) is 0 Å². The van der Waals surface area contributed by atoms with Gasteiger partial charge < -0.3 is 4.74 Å². The summed E-state index contributed by atoms with van der Waals surface area (Å²) in [6.07, 6.45) is 4.71. The summed E-state index contributed by atoms with van der Waals surface area (Å²) in [5.41, 5.74) is 5.90. The molecule has 35 heavy (non-hydrogen) atoms. The van der Waals surface area contributed by atoms with E-state index in [2.05, 4.69) is 31.2 Å². The van der Waals surface area contributed by atoms with Gasteiger partial charge in [0, 0.05) is 17.4 Å². The van der Waals surface area contributed by atoms with Crippen molar-refractivity contribution < 1.29 is 14.3 Å². The summed E-state index contributed by atoms with van der Waals surface area (Å²) in [6.45, 7) is 6.06. The topological polar surface area (TPSA) is 56.3 Å². The van der Waals surface area contributed by atoms with Gasteiger partial charge in [-0.2, -0.15) is 0 Å². The van der Waals surface area contributed by atoms with Crippen LogP contribution in [0.3, 0.4) is 0 Å². The molecule has 0 N–H and O–H groups in total. The average Bonchev–Trinajstić information content (AvgIpc) is 2.91. The number of pyridine rings is 1. The van der Waals surface area contributed by atoms with Crippen LogP contribution in [0.25, 0.3) is 23.1 Å². The molecule has 4 aromatic rings. The van der Waals surface area contributed by atoms with Gasteiger partial charge >= 0.3 is 5.97 Å². The van der Waals surface area contributed by atoms with E-state index >= 15 is 0 Å². The molecule has 0 aliphatic rings. The van der Waals surface area contributed by atoms with E-state index in [4.69, 9.17) is 9.72 Å². The lowest BCUT2D eigenvalue weighted by Gasteiger charge is -2.07. The largest absolute Gasteiger partial charge is 0.465 e. The summed E-state index contributed by atoms with van der Waals surface area (Å²) < 4.78 is 4.84. The van der Waals surface area contributed by atoms with Gasteiger partial charge in [0.1, 0.15) is 0 Å². The molecule has 1 aromatic heterocycles. The first kappa shape index (κ1) is 25.6. The highest BCUT2D eigenvalue weighted by Crippen LogP contribution is 2.18. The fraction of sp³-hybridized carbons (Fsp3) is 0.194. The van der Waals surface area contributed by atoms with Gasteiger partial charge in [-0.05, 0) is 60.4 Å². The van der Waals surface area contributed by atoms with Crippen LogP contribution < -0.4 is 0 Å². The third kappa shape index (κ3) is 6.73. The van der Waals surface area contributed by atoms with Gasteiger partial charge in [0.25, 0.3) is 0 Å². The molecule has 0 aliphatic heterocycles. The summed E-state index contributed by atoms with van der Waals surface area (Å²) >= 11 is 0. The summed E-state index contributed by atoms with van der Waals surface area (Å²) in [5.74, 6) is -0.355. The van der Waals surface area contributed by atoms with E-state index in [1.165, 1.54) is 12.7 Å². The Bertz CT molecular complexity index is 1350. The Balaban J connectivity index is 0.00000167. The van der Waals surface area contributed by atoms with Gasteiger partial charge in [-0.25, -0.2) is 9.78 Å². The van der Waals surface area contributed by atoms with Crippen molar-refractivity contribution in [1.29, 1.82) is 0 Å². The van der Waals surface area contributed by atoms with Crippen LogP contribution in [0.15, 0.2) is 78.9 Å². The maximum atomic E-state index is 12.8. The van der Waals surface area contributed by atoms with Crippen LogP contribution in [-0.2, 0) is 11.2 Å². The van der Waals surface area contributed by atoms with Crippen molar-refractivity contribution in [2.45, 2.75) is 33.6 Å². The zero-order valence-corrected chi connectivity index (χ0v) is 20.7. The minimum absolute atomic E-state index is 0.0317. The number of ether oxygens (including phenoxy) is 1. The molecule has 0 unspecified atom stereocenters. The predicted molar refractivity (Wildman–Crippen MR) is 144 cm³/mol. The van der Waals surface area contributed by atoms with E-state index in [1.807, 2.05) is 68.5 Å². The lowest BCUT2D eigenvalue weighted by molar-refractivity contribution is 0.0599. The fourth-order valence-electron chi connectivity index (χ4n) is 3.77. The van der Waals surface area contributed by atoms with E-state index in [9.17, 15) is 9.59 Å². The average molecular weight is 466 g/mol. The Morgan fingerprint density at radius 3 is 2.46 bits per heavy atom. The molecule has 0 fully saturated rings. The van der Waals surface area contributed by atoms with E-state index in [1.54, 1.807) is 12.1 Å². The molecule has 4 nitrogen and oxygen atoms in total. The smallest absolute Gasteiger partial charge is 0.338 e. The predicted octanol–water partition coefficient (Wildman–Crippen LogP) is 7.34. The molecule has 0 amide bonds. The standard InChI is InChI=1S/C29H25NO3.C2H6/c1-20-10-12-23-13-16-25(30-27(23)18-20)15-11-21-6-5-8-24(19-21)28(31)17-14-22-7-3-4-9-26(22)29(32)33-2;1-2/h3-13,15-16,18-19H,14,17H2,1-2H3;1-2H3/b15-11+;. The third-order valence-electron chi connectivity index (χ3n) is 5.57. The summed E-state index contributed by atoms with van der Waals surface area (Å²) in [6, 6.07) is 25.1. The number of rotatable bonds is 7. The second kappa shape index (κ2) is 12.4. The summed E-state index contributed by atoms with van der Waals surface area (Å²) in [4.78, 5) is 29.5. The Morgan fingerprint density at radius 2 is 1.66 bits per heavy atom. The molecule has 0 spiro atoms. The van der Waals surface area contributed by atoms with Crippen molar-refractivity contribution in [3.63, 3.8) is 0 Å². The van der Waals surface area contributed by atoms with Gasteiger partial charge in [0.15, 0.2) is 5.78 Å². The first-order valence-corrected chi connectivity index (χ1v) is 11.9. The number of ketones is 1. The molecule has 3 aromatic carbocycles. The SMILES string of the molecule is CC.COC(=O)c1ccccc1CCC(=O)c1cccc(/C=C/c2ccc3ccc(C)cc3n2)c1. The molecule has 0 atom stereocenters. The van der Waals surface area contributed by atoms with Crippen molar-refractivity contribution >= 4 is 34.8 Å². The minimum Gasteiger partial charge on any atom is -0.465 e. The molecule has 4 rings (SSSR count). The Morgan fingerprint density at radius 1 is 0.886 bits per heavy atom.